The number of carboxylic acid groups (broad SMARTS) is 1. The number of aliphatic hydroxyl groups is 5. The lowest BCUT2D eigenvalue weighted by Crippen LogP contribution is -2.50. The third kappa shape index (κ3) is 3.53. The Bertz CT molecular complexity index is 239. The van der Waals surface area contributed by atoms with Gasteiger partial charge in [-0.1, -0.05) is 0 Å². The zero-order chi connectivity index (χ0) is 12.2. The second-order valence-electron chi connectivity index (χ2n) is 2.85. The molecule has 0 unspecified atom stereocenters. The zero-order valence-corrected chi connectivity index (χ0v) is 7.52. The minimum Gasteiger partial charge on any atom is -0.475 e. The van der Waals surface area contributed by atoms with Crippen LogP contribution in [0.3, 0.4) is 0 Å². The van der Waals surface area contributed by atoms with Crippen molar-refractivity contribution >= 4 is 11.8 Å². The van der Waals surface area contributed by atoms with Crippen molar-refractivity contribution in [2.45, 2.75) is 24.4 Å². The molecule has 0 amide bonds. The van der Waals surface area contributed by atoms with E-state index in [0.717, 1.165) is 0 Å². The van der Waals surface area contributed by atoms with E-state index in [1.54, 1.807) is 0 Å². The molecule has 0 radical (unpaired) electrons. The van der Waals surface area contributed by atoms with Crippen LogP contribution in [0.5, 0.6) is 0 Å². The zero-order valence-electron chi connectivity index (χ0n) is 7.52. The number of aliphatic hydroxyl groups excluding tert-OH is 5. The molecule has 0 aliphatic rings. The Kier molecular flexibility index (Phi) is 5.33. The standard InChI is InChI=1S/C7H12O8/c8-1-2(9)3(10)4(11)5(12)6(13)7(14)15/h2-5,8-12H,1H2,(H,14,15)/t2-,3-,4-,5-/m1/s1. The van der Waals surface area contributed by atoms with Crippen LogP contribution in [0.1, 0.15) is 0 Å². The van der Waals surface area contributed by atoms with E-state index >= 15 is 0 Å². The van der Waals surface area contributed by atoms with Crippen molar-refractivity contribution < 1.29 is 40.2 Å². The van der Waals surface area contributed by atoms with Gasteiger partial charge in [-0.2, -0.15) is 0 Å². The number of Topliss-reactive ketones (excluding diaryl/α,β-unsaturated/α-hetero) is 1. The number of ketones is 1. The van der Waals surface area contributed by atoms with Gasteiger partial charge in [0.2, 0.25) is 0 Å². The molecule has 0 aromatic heterocycles. The van der Waals surface area contributed by atoms with Gasteiger partial charge in [0, 0.05) is 0 Å². The molecule has 88 valence electrons. The van der Waals surface area contributed by atoms with Gasteiger partial charge in [-0.15, -0.1) is 0 Å². The summed E-state index contributed by atoms with van der Waals surface area (Å²) in [4.78, 5) is 20.7. The molecule has 0 aromatic rings. The largest absolute Gasteiger partial charge is 0.475 e. The lowest BCUT2D eigenvalue weighted by Gasteiger charge is -2.23. The van der Waals surface area contributed by atoms with Gasteiger partial charge >= 0.3 is 5.97 Å². The van der Waals surface area contributed by atoms with Gasteiger partial charge in [-0.05, 0) is 0 Å². The van der Waals surface area contributed by atoms with E-state index in [1.165, 1.54) is 0 Å². The van der Waals surface area contributed by atoms with E-state index in [-0.39, 0.29) is 0 Å². The van der Waals surface area contributed by atoms with E-state index in [0.29, 0.717) is 0 Å². The van der Waals surface area contributed by atoms with Crippen molar-refractivity contribution in [3.63, 3.8) is 0 Å². The lowest BCUT2D eigenvalue weighted by atomic mass is 10.0. The van der Waals surface area contributed by atoms with Crippen LogP contribution in [0.2, 0.25) is 0 Å². The molecule has 0 aliphatic heterocycles. The Balaban J connectivity index is 4.50. The fourth-order valence-electron chi connectivity index (χ4n) is 0.804. The summed E-state index contributed by atoms with van der Waals surface area (Å²) >= 11 is 0. The average Bonchev–Trinajstić information content (AvgIpc) is 2.23. The molecule has 0 fully saturated rings. The van der Waals surface area contributed by atoms with Crippen LogP contribution in [0, 0.1) is 0 Å². The van der Waals surface area contributed by atoms with E-state index in [9.17, 15) is 9.59 Å². The number of hydrogen-bond donors (Lipinski definition) is 6. The van der Waals surface area contributed by atoms with Gasteiger partial charge in [0.05, 0.1) is 6.61 Å². The third-order valence-electron chi connectivity index (χ3n) is 1.73. The Morgan fingerprint density at radius 3 is 1.80 bits per heavy atom. The van der Waals surface area contributed by atoms with E-state index in [1.807, 2.05) is 0 Å². The topological polar surface area (TPSA) is 156 Å². The Hall–Kier alpha value is -1.06. The predicted molar refractivity (Wildman–Crippen MR) is 43.8 cm³/mol. The van der Waals surface area contributed by atoms with Crippen LogP contribution in [-0.4, -0.2) is 73.4 Å². The summed E-state index contributed by atoms with van der Waals surface area (Å²) in [5.41, 5.74) is 0. The van der Waals surface area contributed by atoms with Gasteiger partial charge in [0.25, 0.3) is 5.78 Å². The minimum atomic E-state index is -2.36. The molecule has 4 atom stereocenters. The third-order valence-corrected chi connectivity index (χ3v) is 1.73. The van der Waals surface area contributed by atoms with Crippen molar-refractivity contribution in [3.8, 4) is 0 Å². The molecule has 0 saturated carbocycles. The fraction of sp³-hybridized carbons (Fsp3) is 0.714. The first kappa shape index (κ1) is 13.9. The molecule has 8 heteroatoms. The van der Waals surface area contributed by atoms with Gasteiger partial charge in [0.1, 0.15) is 18.3 Å². The molecule has 0 bridgehead atoms. The van der Waals surface area contributed by atoms with Gasteiger partial charge < -0.3 is 30.6 Å². The van der Waals surface area contributed by atoms with E-state index in [2.05, 4.69) is 0 Å². The van der Waals surface area contributed by atoms with Gasteiger partial charge in [-0.25, -0.2) is 4.79 Å². The monoisotopic (exact) mass is 224 g/mol. The van der Waals surface area contributed by atoms with Gasteiger partial charge in [-0.3, -0.25) is 4.79 Å². The van der Waals surface area contributed by atoms with Crippen molar-refractivity contribution in [2.75, 3.05) is 6.61 Å². The molecule has 8 nitrogen and oxygen atoms in total. The number of aliphatic carboxylic acids is 1. The van der Waals surface area contributed by atoms with Crippen LogP contribution in [0.4, 0.5) is 0 Å². The summed E-state index contributed by atoms with van der Waals surface area (Å²) < 4.78 is 0. The highest BCUT2D eigenvalue weighted by Gasteiger charge is 2.36. The number of carbonyl (C=O) groups excluding carboxylic acids is 1. The SMILES string of the molecule is O=C(O)C(=O)[C@H](O)[C@H](O)[C@H](O)[C@H](O)CO. The highest BCUT2D eigenvalue weighted by Crippen LogP contribution is 2.06. The van der Waals surface area contributed by atoms with Crippen molar-refractivity contribution in [3.05, 3.63) is 0 Å². The number of carbonyl (C=O) groups is 2. The van der Waals surface area contributed by atoms with Crippen LogP contribution < -0.4 is 0 Å². The number of hydrogen-bond acceptors (Lipinski definition) is 7. The maximum absolute atomic E-state index is 10.6. The lowest BCUT2D eigenvalue weighted by molar-refractivity contribution is -0.162. The quantitative estimate of drug-likeness (QED) is 0.250. The Morgan fingerprint density at radius 2 is 1.47 bits per heavy atom. The smallest absolute Gasteiger partial charge is 0.375 e. The normalized spacial score (nSPS) is 19.0. The molecular formula is C7H12O8. The second-order valence-corrected chi connectivity index (χ2v) is 2.85. The molecular weight excluding hydrogens is 212 g/mol. The number of rotatable bonds is 6. The average molecular weight is 224 g/mol. The summed E-state index contributed by atoms with van der Waals surface area (Å²) in [5, 5.41) is 52.4. The Labute approximate surface area is 84.0 Å². The first-order valence-corrected chi connectivity index (χ1v) is 3.93. The van der Waals surface area contributed by atoms with Crippen LogP contribution >= 0.6 is 0 Å². The molecule has 0 saturated heterocycles. The minimum absolute atomic E-state index is 0.911. The molecule has 0 aromatic carbocycles. The molecule has 0 rings (SSSR count). The first-order valence-electron chi connectivity index (χ1n) is 3.93. The maximum Gasteiger partial charge on any atom is 0.375 e. The first-order chi connectivity index (χ1) is 6.82. The highest BCUT2D eigenvalue weighted by atomic mass is 16.4. The van der Waals surface area contributed by atoms with Crippen molar-refractivity contribution in [2.24, 2.45) is 0 Å². The molecule has 0 aliphatic carbocycles. The van der Waals surface area contributed by atoms with E-state index in [4.69, 9.17) is 30.6 Å². The summed E-state index contributed by atoms with van der Waals surface area (Å²) in [6.07, 6.45) is -8.35. The summed E-state index contributed by atoms with van der Waals surface area (Å²) in [6.45, 7) is -0.911. The summed E-state index contributed by atoms with van der Waals surface area (Å²) in [5.74, 6) is -3.70. The number of carboxylic acids is 1. The van der Waals surface area contributed by atoms with Crippen molar-refractivity contribution in [1.82, 2.24) is 0 Å². The predicted octanol–water partition coefficient (Wildman–Crippen LogP) is -3.92. The molecule has 15 heavy (non-hydrogen) atoms. The van der Waals surface area contributed by atoms with Crippen LogP contribution in [-0.2, 0) is 9.59 Å². The van der Waals surface area contributed by atoms with E-state index < -0.39 is 42.8 Å². The molecule has 0 spiro atoms. The highest BCUT2D eigenvalue weighted by molar-refractivity contribution is 6.34. The van der Waals surface area contributed by atoms with Crippen molar-refractivity contribution in [1.29, 1.82) is 0 Å². The van der Waals surface area contributed by atoms with Crippen LogP contribution in [0.25, 0.3) is 0 Å². The molecule has 0 heterocycles. The fourth-order valence-corrected chi connectivity index (χ4v) is 0.804. The second kappa shape index (κ2) is 5.73. The Morgan fingerprint density at radius 1 is 1.00 bits per heavy atom. The molecule has 6 N–H and O–H groups in total. The summed E-state index contributed by atoms with van der Waals surface area (Å²) in [7, 11) is 0. The summed E-state index contributed by atoms with van der Waals surface area (Å²) in [6, 6.07) is 0. The maximum atomic E-state index is 10.6. The van der Waals surface area contributed by atoms with Gasteiger partial charge in [0.15, 0.2) is 6.10 Å². The van der Waals surface area contributed by atoms with Crippen LogP contribution in [0.15, 0.2) is 0 Å².